The maximum Gasteiger partial charge on any atom is 0.147 e. The molecule has 0 aliphatic heterocycles. The van der Waals surface area contributed by atoms with Crippen LogP contribution in [-0.4, -0.2) is 18.1 Å². The highest BCUT2D eigenvalue weighted by Crippen LogP contribution is 2.28. The first kappa shape index (κ1) is 12.3. The van der Waals surface area contributed by atoms with E-state index in [9.17, 15) is 4.39 Å². The highest BCUT2D eigenvalue weighted by atomic mass is 32.1. The minimum Gasteiger partial charge on any atom is -0.389 e. The molecule has 0 heterocycles. The molecule has 0 saturated heterocycles. The average molecular weight is 252 g/mol. The number of hydrogen-bond donors (Lipinski definition) is 1. The van der Waals surface area contributed by atoms with Crippen molar-refractivity contribution in [2.24, 2.45) is 5.73 Å². The van der Waals surface area contributed by atoms with E-state index in [0.717, 1.165) is 12.8 Å². The number of hydrogen-bond acceptors (Lipinski definition) is 2. The highest BCUT2D eigenvalue weighted by Gasteiger charge is 2.21. The van der Waals surface area contributed by atoms with Crippen molar-refractivity contribution in [3.8, 4) is 0 Å². The molecule has 0 amide bonds. The second-order valence-electron chi connectivity index (χ2n) is 4.58. The fourth-order valence-corrected chi connectivity index (χ4v) is 2.56. The number of nitrogens with zero attached hydrogens (tertiary/aromatic N) is 1. The van der Waals surface area contributed by atoms with E-state index in [-0.39, 0.29) is 10.8 Å². The van der Waals surface area contributed by atoms with Crippen LogP contribution in [0.3, 0.4) is 0 Å². The van der Waals surface area contributed by atoms with E-state index in [4.69, 9.17) is 18.0 Å². The average Bonchev–Trinajstić information content (AvgIpc) is 2.81. The van der Waals surface area contributed by atoms with Crippen molar-refractivity contribution in [3.05, 3.63) is 29.6 Å². The van der Waals surface area contributed by atoms with Crippen molar-refractivity contribution >= 4 is 22.9 Å². The lowest BCUT2D eigenvalue weighted by atomic mass is 10.1. The number of rotatable bonds is 3. The minimum absolute atomic E-state index is 0.235. The zero-order valence-corrected chi connectivity index (χ0v) is 10.8. The van der Waals surface area contributed by atoms with E-state index >= 15 is 0 Å². The zero-order valence-electron chi connectivity index (χ0n) is 9.95. The molecule has 4 heteroatoms. The summed E-state index contributed by atoms with van der Waals surface area (Å²) in [4.78, 5) is 2.27. The summed E-state index contributed by atoms with van der Waals surface area (Å²) in [6.07, 6.45) is 4.77. The van der Waals surface area contributed by atoms with Crippen molar-refractivity contribution in [1.82, 2.24) is 0 Å². The standard InChI is InChI=1S/C13H17FN2S/c1-16(10-4-2-3-5-10)12-7-6-9(13(15)17)8-11(12)14/h6-8,10H,2-5H2,1H3,(H2,15,17). The molecule has 0 bridgehead atoms. The van der Waals surface area contributed by atoms with Crippen LogP contribution in [0.1, 0.15) is 31.2 Å². The fourth-order valence-electron chi connectivity index (χ4n) is 2.43. The Kier molecular flexibility index (Phi) is 3.62. The van der Waals surface area contributed by atoms with Crippen molar-refractivity contribution in [1.29, 1.82) is 0 Å². The molecular formula is C13H17FN2S. The third-order valence-electron chi connectivity index (χ3n) is 3.48. The monoisotopic (exact) mass is 252 g/mol. The van der Waals surface area contributed by atoms with Crippen molar-refractivity contribution in [3.63, 3.8) is 0 Å². The van der Waals surface area contributed by atoms with Gasteiger partial charge in [0.1, 0.15) is 10.8 Å². The van der Waals surface area contributed by atoms with Crippen molar-refractivity contribution in [2.75, 3.05) is 11.9 Å². The maximum atomic E-state index is 14.0. The molecule has 1 fully saturated rings. The maximum absolute atomic E-state index is 14.0. The molecule has 1 aliphatic rings. The number of benzene rings is 1. The SMILES string of the molecule is CN(c1ccc(C(N)=S)cc1F)C1CCCC1. The first-order valence-corrected chi connectivity index (χ1v) is 6.32. The van der Waals surface area contributed by atoms with Crippen LogP contribution in [0.4, 0.5) is 10.1 Å². The summed E-state index contributed by atoms with van der Waals surface area (Å²) < 4.78 is 14.0. The lowest BCUT2D eigenvalue weighted by molar-refractivity contribution is 0.595. The van der Waals surface area contributed by atoms with Crippen LogP contribution in [0.15, 0.2) is 18.2 Å². The molecule has 1 aromatic carbocycles. The molecular weight excluding hydrogens is 235 g/mol. The van der Waals surface area contributed by atoms with E-state index in [2.05, 4.69) is 0 Å². The van der Waals surface area contributed by atoms with E-state index in [1.165, 1.54) is 18.9 Å². The van der Waals surface area contributed by atoms with Crippen LogP contribution < -0.4 is 10.6 Å². The smallest absolute Gasteiger partial charge is 0.147 e. The van der Waals surface area contributed by atoms with Gasteiger partial charge in [0.25, 0.3) is 0 Å². The summed E-state index contributed by atoms with van der Waals surface area (Å²) in [7, 11) is 1.95. The minimum atomic E-state index is -0.246. The highest BCUT2D eigenvalue weighted by molar-refractivity contribution is 7.80. The molecule has 0 spiro atoms. The fraction of sp³-hybridized carbons (Fsp3) is 0.462. The zero-order chi connectivity index (χ0) is 12.4. The number of anilines is 1. The number of thiocarbonyl (C=S) groups is 1. The van der Waals surface area contributed by atoms with E-state index < -0.39 is 0 Å². The lowest BCUT2D eigenvalue weighted by Crippen LogP contribution is -2.29. The summed E-state index contributed by atoms with van der Waals surface area (Å²) in [6.45, 7) is 0. The summed E-state index contributed by atoms with van der Waals surface area (Å²) in [5.74, 6) is -0.246. The second-order valence-corrected chi connectivity index (χ2v) is 5.02. The molecule has 0 aromatic heterocycles. The molecule has 92 valence electrons. The topological polar surface area (TPSA) is 29.3 Å². The third-order valence-corrected chi connectivity index (χ3v) is 3.72. The molecule has 2 nitrogen and oxygen atoms in total. The predicted molar refractivity (Wildman–Crippen MR) is 72.9 cm³/mol. The van der Waals surface area contributed by atoms with Gasteiger partial charge in [0.05, 0.1) is 5.69 Å². The van der Waals surface area contributed by atoms with Gasteiger partial charge in [-0.25, -0.2) is 4.39 Å². The molecule has 1 aromatic rings. The molecule has 0 radical (unpaired) electrons. The third kappa shape index (κ3) is 2.57. The Labute approximate surface area is 107 Å². The van der Waals surface area contributed by atoms with Crippen molar-refractivity contribution < 1.29 is 4.39 Å². The van der Waals surface area contributed by atoms with Gasteiger partial charge in [-0.3, -0.25) is 0 Å². The Morgan fingerprint density at radius 2 is 2.06 bits per heavy atom. The number of nitrogens with two attached hydrogens (primary N) is 1. The molecule has 2 N–H and O–H groups in total. The Bertz CT molecular complexity index is 427. The van der Waals surface area contributed by atoms with E-state index in [1.54, 1.807) is 12.1 Å². The normalized spacial score (nSPS) is 16.1. The predicted octanol–water partition coefficient (Wildman–Crippen LogP) is 2.84. The largest absolute Gasteiger partial charge is 0.389 e. The molecule has 0 atom stereocenters. The summed E-state index contributed by atoms with van der Waals surface area (Å²) in [5.41, 5.74) is 6.70. The molecule has 1 saturated carbocycles. The molecule has 2 rings (SSSR count). The van der Waals surface area contributed by atoms with Gasteiger partial charge in [0, 0.05) is 18.7 Å². The number of halogens is 1. The van der Waals surface area contributed by atoms with Gasteiger partial charge in [-0.1, -0.05) is 25.1 Å². The first-order chi connectivity index (χ1) is 8.09. The van der Waals surface area contributed by atoms with Crippen LogP contribution in [0.2, 0.25) is 0 Å². The lowest BCUT2D eigenvalue weighted by Gasteiger charge is -2.27. The Morgan fingerprint density at radius 1 is 1.41 bits per heavy atom. The van der Waals surface area contributed by atoms with Gasteiger partial charge < -0.3 is 10.6 Å². The molecule has 0 unspecified atom stereocenters. The summed E-state index contributed by atoms with van der Waals surface area (Å²) in [6, 6.07) is 5.43. The van der Waals surface area contributed by atoms with Gasteiger partial charge in [-0.15, -0.1) is 0 Å². The molecule has 1 aliphatic carbocycles. The quantitative estimate of drug-likeness (QED) is 0.839. The van der Waals surface area contributed by atoms with E-state index in [0.29, 0.717) is 17.3 Å². The Balaban J connectivity index is 2.23. The van der Waals surface area contributed by atoms with Crippen LogP contribution in [-0.2, 0) is 0 Å². The van der Waals surface area contributed by atoms with Gasteiger partial charge in [0.15, 0.2) is 0 Å². The van der Waals surface area contributed by atoms with Gasteiger partial charge >= 0.3 is 0 Å². The van der Waals surface area contributed by atoms with Crippen LogP contribution in [0, 0.1) is 5.82 Å². The first-order valence-electron chi connectivity index (χ1n) is 5.92. The van der Waals surface area contributed by atoms with Crippen LogP contribution in [0.5, 0.6) is 0 Å². The van der Waals surface area contributed by atoms with Gasteiger partial charge in [-0.2, -0.15) is 0 Å². The van der Waals surface area contributed by atoms with Crippen LogP contribution >= 0.6 is 12.2 Å². The van der Waals surface area contributed by atoms with Crippen molar-refractivity contribution in [2.45, 2.75) is 31.7 Å². The van der Waals surface area contributed by atoms with Crippen LogP contribution in [0.25, 0.3) is 0 Å². The van der Waals surface area contributed by atoms with Gasteiger partial charge in [-0.05, 0) is 31.0 Å². The molecule has 17 heavy (non-hydrogen) atoms. The Hall–Kier alpha value is -1.16. The second kappa shape index (κ2) is 5.00. The Morgan fingerprint density at radius 3 is 2.59 bits per heavy atom. The summed E-state index contributed by atoms with van der Waals surface area (Å²) >= 11 is 4.84. The summed E-state index contributed by atoms with van der Waals surface area (Å²) in [5, 5.41) is 0. The van der Waals surface area contributed by atoms with Gasteiger partial charge in [0.2, 0.25) is 0 Å². The van der Waals surface area contributed by atoms with E-state index in [1.807, 2.05) is 11.9 Å².